The van der Waals surface area contributed by atoms with Crippen LogP contribution in [0.1, 0.15) is 23.6 Å². The number of aryl methyl sites for hydroxylation is 1. The number of hydrogen-bond acceptors (Lipinski definition) is 2. The molecule has 6 heteroatoms. The molecule has 148 valence electrons. The van der Waals surface area contributed by atoms with Crippen molar-refractivity contribution < 1.29 is 18.3 Å². The third kappa shape index (κ3) is 3.09. The maximum absolute atomic E-state index is 14.2. The van der Waals surface area contributed by atoms with Crippen LogP contribution in [0, 0.1) is 0 Å². The van der Waals surface area contributed by atoms with E-state index in [0.29, 0.717) is 22.9 Å². The van der Waals surface area contributed by atoms with E-state index in [0.717, 1.165) is 5.69 Å². The van der Waals surface area contributed by atoms with E-state index < -0.39 is 11.8 Å². The monoisotopic (exact) mass is 396 g/mol. The van der Waals surface area contributed by atoms with E-state index in [-0.39, 0.29) is 11.1 Å². The van der Waals surface area contributed by atoms with Crippen molar-refractivity contribution in [2.75, 3.05) is 0 Å². The topological polar surface area (TPSA) is 38.1 Å². The lowest BCUT2D eigenvalue weighted by Crippen LogP contribution is -2.44. The molecule has 0 saturated carbocycles. The molecule has 0 fully saturated rings. The fourth-order valence-corrected chi connectivity index (χ4v) is 3.69. The Morgan fingerprint density at radius 1 is 0.931 bits per heavy atom. The molecule has 3 aromatic carbocycles. The van der Waals surface area contributed by atoms with Gasteiger partial charge in [0.1, 0.15) is 0 Å². The van der Waals surface area contributed by atoms with Gasteiger partial charge in [0.25, 0.3) is 0 Å². The van der Waals surface area contributed by atoms with Crippen LogP contribution in [-0.4, -0.2) is 21.1 Å². The molecular weight excluding hydrogens is 377 g/mol. The summed E-state index contributed by atoms with van der Waals surface area (Å²) in [6, 6.07) is 19.7. The van der Waals surface area contributed by atoms with Gasteiger partial charge >= 0.3 is 6.18 Å². The molecule has 1 N–H and O–H groups in total. The average Bonchev–Trinajstić information content (AvgIpc) is 3.16. The Morgan fingerprint density at radius 3 is 2.31 bits per heavy atom. The van der Waals surface area contributed by atoms with E-state index >= 15 is 0 Å². The predicted molar refractivity (Wildman–Crippen MR) is 106 cm³/mol. The van der Waals surface area contributed by atoms with Crippen LogP contribution in [-0.2, 0) is 12.0 Å². The first-order valence-corrected chi connectivity index (χ1v) is 9.27. The molecule has 0 aliphatic carbocycles. The van der Waals surface area contributed by atoms with Crippen molar-refractivity contribution >= 4 is 10.9 Å². The summed E-state index contributed by atoms with van der Waals surface area (Å²) >= 11 is 0. The number of fused-ring (bicyclic) bond motifs is 1. The van der Waals surface area contributed by atoms with Crippen LogP contribution >= 0.6 is 0 Å². The summed E-state index contributed by atoms with van der Waals surface area (Å²) in [5.74, 6) is 0. The van der Waals surface area contributed by atoms with E-state index in [2.05, 4.69) is 5.10 Å². The zero-order valence-electron chi connectivity index (χ0n) is 15.7. The SMILES string of the molecule is CCc1ccccc1C(O)(c1ccc2c(cnn2-c2ccccc2)c1)C(F)(F)F. The first-order valence-electron chi connectivity index (χ1n) is 9.27. The van der Waals surface area contributed by atoms with Gasteiger partial charge in [-0.3, -0.25) is 0 Å². The van der Waals surface area contributed by atoms with Crippen molar-refractivity contribution in [2.45, 2.75) is 25.1 Å². The molecule has 0 amide bonds. The number of rotatable bonds is 4. The van der Waals surface area contributed by atoms with Crippen LogP contribution in [0.25, 0.3) is 16.6 Å². The summed E-state index contributed by atoms with van der Waals surface area (Å²) in [5, 5.41) is 15.9. The normalized spacial score (nSPS) is 14.1. The molecule has 0 spiro atoms. The summed E-state index contributed by atoms with van der Waals surface area (Å²) in [6.45, 7) is 1.77. The standard InChI is InChI=1S/C23H19F3N2O/c1-2-16-8-6-7-11-20(16)22(29,23(24,25)26)18-12-13-21-17(14-18)15-27-28(21)19-9-4-3-5-10-19/h3-15,29H,2H2,1H3. The fraction of sp³-hybridized carbons (Fsp3) is 0.174. The zero-order chi connectivity index (χ0) is 20.6. The molecule has 1 aromatic heterocycles. The Hall–Kier alpha value is -3.12. The van der Waals surface area contributed by atoms with Crippen LogP contribution in [0.3, 0.4) is 0 Å². The molecule has 0 aliphatic rings. The van der Waals surface area contributed by atoms with Gasteiger partial charge in [-0.2, -0.15) is 18.3 Å². The Bertz CT molecular complexity index is 1150. The number of aliphatic hydroxyl groups is 1. The molecule has 0 aliphatic heterocycles. The van der Waals surface area contributed by atoms with Gasteiger partial charge in [-0.25, -0.2) is 4.68 Å². The van der Waals surface area contributed by atoms with E-state index in [4.69, 9.17) is 0 Å². The predicted octanol–water partition coefficient (Wildman–Crippen LogP) is 5.39. The Balaban J connectivity index is 1.91. The van der Waals surface area contributed by atoms with Gasteiger partial charge in [0, 0.05) is 10.9 Å². The van der Waals surface area contributed by atoms with Crippen molar-refractivity contribution in [1.82, 2.24) is 9.78 Å². The second kappa shape index (κ2) is 7.04. The highest BCUT2D eigenvalue weighted by atomic mass is 19.4. The van der Waals surface area contributed by atoms with Crippen LogP contribution in [0.15, 0.2) is 79.0 Å². The molecule has 0 radical (unpaired) electrons. The van der Waals surface area contributed by atoms with E-state index in [9.17, 15) is 18.3 Å². The summed E-state index contributed by atoms with van der Waals surface area (Å²) < 4.78 is 44.2. The largest absolute Gasteiger partial charge is 0.425 e. The Kier molecular flexibility index (Phi) is 4.67. The van der Waals surface area contributed by atoms with Gasteiger partial charge in [0.15, 0.2) is 0 Å². The van der Waals surface area contributed by atoms with E-state index in [1.807, 2.05) is 30.3 Å². The third-order valence-corrected chi connectivity index (χ3v) is 5.18. The van der Waals surface area contributed by atoms with Gasteiger partial charge in [-0.15, -0.1) is 0 Å². The molecule has 1 unspecified atom stereocenters. The number of benzene rings is 3. The van der Waals surface area contributed by atoms with Crippen molar-refractivity contribution in [3.63, 3.8) is 0 Å². The second-order valence-electron chi connectivity index (χ2n) is 6.88. The maximum atomic E-state index is 14.2. The maximum Gasteiger partial charge on any atom is 0.425 e. The summed E-state index contributed by atoms with van der Waals surface area (Å²) in [5.41, 5.74) is -1.57. The molecule has 1 atom stereocenters. The smallest absolute Gasteiger partial charge is 0.372 e. The third-order valence-electron chi connectivity index (χ3n) is 5.18. The highest BCUT2D eigenvalue weighted by Crippen LogP contribution is 2.46. The molecule has 0 saturated heterocycles. The van der Waals surface area contributed by atoms with E-state index in [1.165, 1.54) is 30.5 Å². The minimum Gasteiger partial charge on any atom is -0.372 e. The van der Waals surface area contributed by atoms with Gasteiger partial charge < -0.3 is 5.11 Å². The number of hydrogen-bond donors (Lipinski definition) is 1. The van der Waals surface area contributed by atoms with Gasteiger partial charge in [-0.05, 0) is 41.8 Å². The lowest BCUT2D eigenvalue weighted by atomic mass is 9.82. The van der Waals surface area contributed by atoms with Gasteiger partial charge in [0.2, 0.25) is 5.60 Å². The Morgan fingerprint density at radius 2 is 1.62 bits per heavy atom. The van der Waals surface area contributed by atoms with Crippen molar-refractivity contribution in [1.29, 1.82) is 0 Å². The highest BCUT2D eigenvalue weighted by molar-refractivity contribution is 5.81. The van der Waals surface area contributed by atoms with Crippen LogP contribution in [0.4, 0.5) is 13.2 Å². The number of nitrogens with zero attached hydrogens (tertiary/aromatic N) is 2. The lowest BCUT2D eigenvalue weighted by Gasteiger charge is -2.33. The Labute approximate surface area is 166 Å². The van der Waals surface area contributed by atoms with Crippen LogP contribution in [0.5, 0.6) is 0 Å². The molecule has 4 rings (SSSR count). The zero-order valence-corrected chi connectivity index (χ0v) is 15.7. The minimum absolute atomic E-state index is 0.148. The second-order valence-corrected chi connectivity index (χ2v) is 6.88. The van der Waals surface area contributed by atoms with Gasteiger partial charge in [-0.1, -0.05) is 55.5 Å². The van der Waals surface area contributed by atoms with Crippen molar-refractivity contribution in [3.8, 4) is 5.69 Å². The quantitative estimate of drug-likeness (QED) is 0.503. The average molecular weight is 396 g/mol. The number of alkyl halides is 3. The summed E-state index contributed by atoms with van der Waals surface area (Å²) in [6.07, 6.45) is -3.00. The molecule has 0 bridgehead atoms. The van der Waals surface area contributed by atoms with E-state index in [1.54, 1.807) is 29.8 Å². The molecule has 1 heterocycles. The van der Waals surface area contributed by atoms with Crippen molar-refractivity contribution in [3.05, 3.63) is 95.7 Å². The first-order chi connectivity index (χ1) is 13.9. The molecule has 3 nitrogen and oxygen atoms in total. The van der Waals surface area contributed by atoms with Crippen LogP contribution in [0.2, 0.25) is 0 Å². The van der Waals surface area contributed by atoms with Crippen LogP contribution < -0.4 is 0 Å². The summed E-state index contributed by atoms with van der Waals surface area (Å²) in [4.78, 5) is 0. The van der Waals surface area contributed by atoms with Crippen molar-refractivity contribution in [2.24, 2.45) is 0 Å². The lowest BCUT2D eigenvalue weighted by molar-refractivity contribution is -0.248. The molecule has 29 heavy (non-hydrogen) atoms. The highest BCUT2D eigenvalue weighted by Gasteiger charge is 2.57. The molecular formula is C23H19F3N2O. The number of aromatic nitrogens is 2. The first kappa shape index (κ1) is 19.2. The minimum atomic E-state index is -4.89. The number of para-hydroxylation sites is 1. The summed E-state index contributed by atoms with van der Waals surface area (Å²) in [7, 11) is 0. The van der Waals surface area contributed by atoms with Gasteiger partial charge in [0.05, 0.1) is 17.4 Å². The fourth-order valence-electron chi connectivity index (χ4n) is 3.69. The number of halogens is 3. The molecule has 4 aromatic rings.